The third kappa shape index (κ3) is 5.20. The number of carboxylic acid groups (broad SMARTS) is 1. The fourth-order valence-corrected chi connectivity index (χ4v) is 2.65. The number of carbonyl (C=O) groups excluding carboxylic acids is 2. The third-order valence-electron chi connectivity index (χ3n) is 2.44. The monoisotopic (exact) mass is 290 g/mol. The van der Waals surface area contributed by atoms with Crippen molar-refractivity contribution in [2.75, 3.05) is 12.3 Å². The molecule has 110 valence electrons. The van der Waals surface area contributed by atoms with Gasteiger partial charge in [0.25, 0.3) is 0 Å². The number of thioether (sulfide) groups is 1. The molecular formula is C12H22N2O4S. The number of carbonyl (C=O) groups is 3. The van der Waals surface area contributed by atoms with E-state index in [0.717, 1.165) is 18.2 Å². The van der Waals surface area contributed by atoms with Gasteiger partial charge in [0.05, 0.1) is 5.25 Å². The summed E-state index contributed by atoms with van der Waals surface area (Å²) in [5.74, 6) is -1.36. The topological polar surface area (TPSA) is 101 Å². The van der Waals surface area contributed by atoms with E-state index in [9.17, 15) is 14.4 Å². The molecule has 1 fully saturated rings. The molecule has 19 heavy (non-hydrogen) atoms. The molecule has 0 saturated carbocycles. The number of nitrogens with zero attached hydrogens (tertiary/aromatic N) is 1. The molecule has 0 aromatic carbocycles. The van der Waals surface area contributed by atoms with E-state index in [1.807, 2.05) is 20.8 Å². The zero-order valence-electron chi connectivity index (χ0n) is 11.6. The second-order valence-electron chi connectivity index (χ2n) is 3.85. The normalized spacial score (nSPS) is 20.0. The summed E-state index contributed by atoms with van der Waals surface area (Å²) < 4.78 is 0. The first kappa shape index (κ1) is 17.9. The predicted octanol–water partition coefficient (Wildman–Crippen LogP) is 0.695. The van der Waals surface area contributed by atoms with Crippen LogP contribution in [-0.4, -0.2) is 51.4 Å². The first-order chi connectivity index (χ1) is 8.97. The van der Waals surface area contributed by atoms with Gasteiger partial charge in [-0.25, -0.2) is 0 Å². The third-order valence-corrected chi connectivity index (χ3v) is 3.77. The minimum absolute atomic E-state index is 0.138. The number of rotatable bonds is 6. The highest BCUT2D eigenvalue weighted by Gasteiger charge is 2.38. The van der Waals surface area contributed by atoms with Gasteiger partial charge in [-0.05, 0) is 6.42 Å². The van der Waals surface area contributed by atoms with Gasteiger partial charge >= 0.3 is 5.97 Å². The highest BCUT2D eigenvalue weighted by Crippen LogP contribution is 2.25. The molecule has 0 radical (unpaired) electrons. The lowest BCUT2D eigenvalue weighted by Crippen LogP contribution is -2.35. The van der Waals surface area contributed by atoms with Crippen LogP contribution in [0.3, 0.4) is 0 Å². The minimum Gasteiger partial charge on any atom is -0.480 e. The van der Waals surface area contributed by atoms with Gasteiger partial charge in [-0.3, -0.25) is 19.3 Å². The van der Waals surface area contributed by atoms with E-state index in [-0.39, 0.29) is 24.0 Å². The highest BCUT2D eigenvalue weighted by molar-refractivity contribution is 8.00. The zero-order valence-corrected chi connectivity index (χ0v) is 12.4. The predicted molar refractivity (Wildman–Crippen MR) is 74.8 cm³/mol. The summed E-state index contributed by atoms with van der Waals surface area (Å²) in [6.45, 7) is 6.32. The molecule has 1 aliphatic rings. The van der Waals surface area contributed by atoms with Crippen LogP contribution in [0.4, 0.5) is 0 Å². The Hall–Kier alpha value is -1.08. The summed E-state index contributed by atoms with van der Waals surface area (Å²) in [7, 11) is 0. The van der Waals surface area contributed by atoms with Crippen LogP contribution in [0.5, 0.6) is 0 Å². The van der Waals surface area contributed by atoms with Crippen molar-refractivity contribution in [1.82, 2.24) is 4.90 Å². The molecule has 0 aromatic rings. The Kier molecular flexibility index (Phi) is 8.42. The Morgan fingerprint density at radius 2 is 2.11 bits per heavy atom. The number of nitrogens with two attached hydrogens (primary N) is 1. The number of amides is 2. The van der Waals surface area contributed by atoms with E-state index >= 15 is 0 Å². The second-order valence-corrected chi connectivity index (χ2v) is 5.09. The van der Waals surface area contributed by atoms with Gasteiger partial charge in [-0.1, -0.05) is 20.8 Å². The van der Waals surface area contributed by atoms with Crippen molar-refractivity contribution in [1.29, 1.82) is 0 Å². The van der Waals surface area contributed by atoms with Crippen molar-refractivity contribution < 1.29 is 19.5 Å². The Morgan fingerprint density at radius 3 is 2.58 bits per heavy atom. The number of likely N-dealkylation sites (tertiary alicyclic amines) is 1. The lowest BCUT2D eigenvalue weighted by Gasteiger charge is -2.13. The molecule has 2 atom stereocenters. The van der Waals surface area contributed by atoms with Crippen LogP contribution >= 0.6 is 11.8 Å². The molecule has 0 aromatic heterocycles. The first-order valence-corrected chi connectivity index (χ1v) is 7.46. The molecule has 6 nitrogen and oxygen atoms in total. The van der Waals surface area contributed by atoms with Crippen molar-refractivity contribution in [3.05, 3.63) is 0 Å². The molecule has 0 spiro atoms. The molecule has 0 aliphatic carbocycles. The van der Waals surface area contributed by atoms with Crippen molar-refractivity contribution in [2.24, 2.45) is 5.73 Å². The molecule has 1 rings (SSSR count). The lowest BCUT2D eigenvalue weighted by atomic mass is 10.3. The van der Waals surface area contributed by atoms with Gasteiger partial charge in [0.2, 0.25) is 11.8 Å². The highest BCUT2D eigenvalue weighted by atomic mass is 32.2. The van der Waals surface area contributed by atoms with Crippen LogP contribution in [-0.2, 0) is 14.4 Å². The first-order valence-electron chi connectivity index (χ1n) is 6.41. The summed E-state index contributed by atoms with van der Waals surface area (Å²) in [5.41, 5.74) is 5.34. The molecule has 1 saturated heterocycles. The number of aliphatic carboxylic acids is 1. The maximum atomic E-state index is 11.8. The van der Waals surface area contributed by atoms with Crippen LogP contribution in [0.25, 0.3) is 0 Å². The fraction of sp³-hybridized carbons (Fsp3) is 0.750. The molecular weight excluding hydrogens is 268 g/mol. The van der Waals surface area contributed by atoms with Gasteiger partial charge in [0.15, 0.2) is 0 Å². The molecule has 7 heteroatoms. The van der Waals surface area contributed by atoms with Crippen molar-refractivity contribution in [3.63, 3.8) is 0 Å². The SMILES string of the molecule is CC.CCCN1C(=O)CC(SCC(N)C(=O)O)C1=O. The zero-order chi connectivity index (χ0) is 15.0. The van der Waals surface area contributed by atoms with Crippen molar-refractivity contribution in [3.8, 4) is 0 Å². The Bertz CT molecular complexity index is 336. The lowest BCUT2D eigenvalue weighted by molar-refractivity contribution is -0.139. The summed E-state index contributed by atoms with van der Waals surface area (Å²) in [4.78, 5) is 35.0. The van der Waals surface area contributed by atoms with E-state index < -0.39 is 17.3 Å². The second kappa shape index (κ2) is 8.92. The molecule has 1 heterocycles. The molecule has 0 bridgehead atoms. The summed E-state index contributed by atoms with van der Waals surface area (Å²) in [6, 6.07) is -0.997. The smallest absolute Gasteiger partial charge is 0.321 e. The summed E-state index contributed by atoms with van der Waals surface area (Å²) in [5, 5.41) is 8.14. The van der Waals surface area contributed by atoms with Gasteiger partial charge < -0.3 is 10.8 Å². The van der Waals surface area contributed by atoms with Crippen molar-refractivity contribution >= 4 is 29.5 Å². The summed E-state index contributed by atoms with van der Waals surface area (Å²) >= 11 is 1.14. The van der Waals surface area contributed by atoms with E-state index in [1.54, 1.807) is 0 Å². The van der Waals surface area contributed by atoms with Crippen LogP contribution in [0.1, 0.15) is 33.6 Å². The summed E-state index contributed by atoms with van der Waals surface area (Å²) in [6.07, 6.45) is 0.874. The van der Waals surface area contributed by atoms with E-state index in [0.29, 0.717) is 6.54 Å². The van der Waals surface area contributed by atoms with Gasteiger partial charge in [-0.15, -0.1) is 11.8 Å². The molecule has 1 aliphatic heterocycles. The van der Waals surface area contributed by atoms with E-state index in [4.69, 9.17) is 10.8 Å². The largest absolute Gasteiger partial charge is 0.480 e. The number of hydrogen-bond donors (Lipinski definition) is 2. The Labute approximate surface area is 117 Å². The quantitative estimate of drug-likeness (QED) is 0.698. The van der Waals surface area contributed by atoms with E-state index in [1.165, 1.54) is 4.90 Å². The fourth-order valence-electron chi connectivity index (χ4n) is 1.53. The molecule has 2 amide bonds. The van der Waals surface area contributed by atoms with Gasteiger partial charge in [0.1, 0.15) is 6.04 Å². The van der Waals surface area contributed by atoms with Crippen LogP contribution in [0.15, 0.2) is 0 Å². The Morgan fingerprint density at radius 1 is 1.53 bits per heavy atom. The van der Waals surface area contributed by atoms with Crippen molar-refractivity contribution in [2.45, 2.75) is 44.9 Å². The van der Waals surface area contributed by atoms with Gasteiger partial charge in [0, 0.05) is 18.7 Å². The van der Waals surface area contributed by atoms with Crippen LogP contribution < -0.4 is 5.73 Å². The Balaban J connectivity index is 0.00000154. The maximum Gasteiger partial charge on any atom is 0.321 e. The standard InChI is InChI=1S/C10H16N2O4S.C2H6/c1-2-3-12-8(13)4-7(9(12)14)17-5-6(11)10(15)16;1-2/h6-7H,2-5,11H2,1H3,(H,15,16);1-2H3. The maximum absolute atomic E-state index is 11.8. The molecule has 2 unspecified atom stereocenters. The number of carboxylic acids is 1. The van der Waals surface area contributed by atoms with E-state index in [2.05, 4.69) is 0 Å². The number of imide groups is 1. The average molecular weight is 290 g/mol. The van der Waals surface area contributed by atoms with Gasteiger partial charge in [-0.2, -0.15) is 0 Å². The number of hydrogen-bond acceptors (Lipinski definition) is 5. The van der Waals surface area contributed by atoms with Crippen LogP contribution in [0.2, 0.25) is 0 Å². The van der Waals surface area contributed by atoms with Crippen LogP contribution in [0, 0.1) is 0 Å². The molecule has 3 N–H and O–H groups in total. The minimum atomic E-state index is -1.10. The average Bonchev–Trinajstić information content (AvgIpc) is 2.66.